The summed E-state index contributed by atoms with van der Waals surface area (Å²) in [5.74, 6) is -0.269. The molecule has 0 unspecified atom stereocenters. The smallest absolute Gasteiger partial charge is 0.134 e. The number of hydrogen-bond acceptors (Lipinski definition) is 5. The molecule has 1 aromatic carbocycles. The summed E-state index contributed by atoms with van der Waals surface area (Å²) in [5, 5.41) is 0. The Bertz CT molecular complexity index is 989. The average Bonchev–Trinajstić information content (AvgIpc) is 3.19. The Hall–Kier alpha value is -0.670. The Morgan fingerprint density at radius 1 is 0.864 bits per heavy atom. The number of fused-ring (bicyclic) bond motifs is 1. The number of halogens is 3. The molecule has 4 rings (SSSR count). The van der Waals surface area contributed by atoms with Gasteiger partial charge in [0.1, 0.15) is 16.9 Å². The molecule has 3 heterocycles. The van der Waals surface area contributed by atoms with E-state index in [1.807, 2.05) is 24.3 Å². The van der Waals surface area contributed by atoms with Gasteiger partial charge in [0, 0.05) is 15.3 Å². The number of aromatic nitrogens is 2. The van der Waals surface area contributed by atoms with Crippen molar-refractivity contribution in [1.29, 1.82) is 0 Å². The Morgan fingerprint density at radius 2 is 1.50 bits per heavy atom. The molecule has 0 bridgehead atoms. The minimum Gasteiger partial charge on any atom is -0.206 e. The van der Waals surface area contributed by atoms with Gasteiger partial charge >= 0.3 is 0 Å². The topological polar surface area (TPSA) is 25.8 Å². The second-order valence-electron chi connectivity index (χ2n) is 4.45. The van der Waals surface area contributed by atoms with Crippen LogP contribution in [0.4, 0.5) is 4.39 Å². The predicted molar refractivity (Wildman–Crippen MR) is 99.4 cm³/mol. The molecule has 2 nitrogen and oxygen atoms in total. The van der Waals surface area contributed by atoms with Gasteiger partial charge in [0.05, 0.1) is 24.9 Å². The molecule has 0 fully saturated rings. The standard InChI is InChI=1S/C14H5Br2FN2S3/c15-10-3-1-8(20-10)6-5-7(17)12(9-2-4-11(16)21-9)14-13(6)18-22-19-14/h1-5H. The van der Waals surface area contributed by atoms with Crippen molar-refractivity contribution in [2.75, 3.05) is 0 Å². The van der Waals surface area contributed by atoms with Crippen molar-refractivity contribution >= 4 is 77.3 Å². The van der Waals surface area contributed by atoms with Crippen LogP contribution in [-0.4, -0.2) is 8.75 Å². The third kappa shape index (κ3) is 2.46. The minimum atomic E-state index is -0.269. The lowest BCUT2D eigenvalue weighted by Gasteiger charge is -2.05. The van der Waals surface area contributed by atoms with Gasteiger partial charge in [-0.15, -0.1) is 22.7 Å². The summed E-state index contributed by atoms with van der Waals surface area (Å²) in [6, 6.07) is 9.28. The lowest BCUT2D eigenvalue weighted by atomic mass is 10.1. The molecule has 0 aliphatic rings. The molecule has 4 aromatic rings. The Kier molecular flexibility index (Phi) is 3.90. The summed E-state index contributed by atoms with van der Waals surface area (Å²) in [7, 11) is 0. The average molecular weight is 476 g/mol. The summed E-state index contributed by atoms with van der Waals surface area (Å²) in [5.41, 5.74) is 2.69. The van der Waals surface area contributed by atoms with Crippen LogP contribution >= 0.6 is 66.3 Å². The van der Waals surface area contributed by atoms with Crippen LogP contribution in [0.2, 0.25) is 0 Å². The highest BCUT2D eigenvalue weighted by Gasteiger charge is 2.20. The van der Waals surface area contributed by atoms with Crippen LogP contribution < -0.4 is 0 Å². The molecule has 22 heavy (non-hydrogen) atoms. The lowest BCUT2D eigenvalue weighted by Crippen LogP contribution is -1.88. The van der Waals surface area contributed by atoms with Gasteiger partial charge in [0.25, 0.3) is 0 Å². The number of benzene rings is 1. The van der Waals surface area contributed by atoms with Crippen molar-refractivity contribution in [3.05, 3.63) is 43.7 Å². The number of rotatable bonds is 2. The monoisotopic (exact) mass is 474 g/mol. The van der Waals surface area contributed by atoms with Crippen LogP contribution in [-0.2, 0) is 0 Å². The van der Waals surface area contributed by atoms with Gasteiger partial charge in [0.15, 0.2) is 0 Å². The largest absolute Gasteiger partial charge is 0.206 e. The first-order chi connectivity index (χ1) is 10.6. The van der Waals surface area contributed by atoms with Gasteiger partial charge in [-0.05, 0) is 62.2 Å². The quantitative estimate of drug-likeness (QED) is 0.318. The van der Waals surface area contributed by atoms with E-state index in [1.165, 1.54) is 11.3 Å². The first-order valence-electron chi connectivity index (χ1n) is 6.09. The maximum atomic E-state index is 14.8. The second-order valence-corrected chi connectivity index (χ2v) is 9.90. The normalized spacial score (nSPS) is 11.4. The zero-order valence-electron chi connectivity index (χ0n) is 10.6. The van der Waals surface area contributed by atoms with Crippen molar-refractivity contribution < 1.29 is 4.39 Å². The first-order valence-corrected chi connectivity index (χ1v) is 10.0. The summed E-state index contributed by atoms with van der Waals surface area (Å²) < 4.78 is 25.5. The molecule has 0 saturated carbocycles. The number of nitrogens with zero attached hydrogens (tertiary/aromatic N) is 2. The van der Waals surface area contributed by atoms with E-state index < -0.39 is 0 Å². The van der Waals surface area contributed by atoms with Gasteiger partial charge in [-0.3, -0.25) is 0 Å². The predicted octanol–water partition coefficient (Wildman–Crippen LogP) is 6.81. The Labute approximate surface area is 154 Å². The van der Waals surface area contributed by atoms with E-state index in [1.54, 1.807) is 17.4 Å². The van der Waals surface area contributed by atoms with E-state index >= 15 is 0 Å². The lowest BCUT2D eigenvalue weighted by molar-refractivity contribution is 0.633. The second kappa shape index (κ2) is 5.76. The summed E-state index contributed by atoms with van der Waals surface area (Å²) >= 11 is 11.0. The van der Waals surface area contributed by atoms with E-state index in [-0.39, 0.29) is 5.82 Å². The first kappa shape index (κ1) is 14.9. The zero-order valence-corrected chi connectivity index (χ0v) is 16.3. The van der Waals surface area contributed by atoms with Crippen LogP contribution in [0.25, 0.3) is 31.9 Å². The SMILES string of the molecule is Fc1cc(-c2ccc(Br)s2)c2nsnc2c1-c1ccc(Br)s1. The van der Waals surface area contributed by atoms with Crippen LogP contribution in [0.5, 0.6) is 0 Å². The van der Waals surface area contributed by atoms with E-state index in [2.05, 4.69) is 40.6 Å². The Balaban J connectivity index is 2.02. The highest BCUT2D eigenvalue weighted by Crippen LogP contribution is 2.42. The number of thiophene rings is 2. The zero-order chi connectivity index (χ0) is 15.3. The molecule has 0 aliphatic heterocycles. The fourth-order valence-electron chi connectivity index (χ4n) is 2.24. The van der Waals surface area contributed by atoms with Crippen molar-refractivity contribution in [3.8, 4) is 20.9 Å². The molecule has 0 atom stereocenters. The van der Waals surface area contributed by atoms with Crippen molar-refractivity contribution in [3.63, 3.8) is 0 Å². The molecule has 0 amide bonds. The van der Waals surface area contributed by atoms with Crippen molar-refractivity contribution in [2.24, 2.45) is 0 Å². The summed E-state index contributed by atoms with van der Waals surface area (Å²) in [4.78, 5) is 1.82. The van der Waals surface area contributed by atoms with Gasteiger partial charge in [-0.2, -0.15) is 8.75 Å². The fourth-order valence-corrected chi connectivity index (χ4v) is 5.64. The maximum absolute atomic E-state index is 14.8. The van der Waals surface area contributed by atoms with Crippen molar-refractivity contribution in [1.82, 2.24) is 8.75 Å². The molecule has 0 radical (unpaired) electrons. The summed E-state index contributed by atoms with van der Waals surface area (Å²) in [6.07, 6.45) is 0. The van der Waals surface area contributed by atoms with Crippen LogP contribution in [0.1, 0.15) is 0 Å². The Morgan fingerprint density at radius 3 is 2.14 bits per heavy atom. The molecule has 0 aliphatic carbocycles. The van der Waals surface area contributed by atoms with Gasteiger partial charge in [-0.1, -0.05) is 0 Å². The van der Waals surface area contributed by atoms with Crippen LogP contribution in [0, 0.1) is 5.82 Å². The minimum absolute atomic E-state index is 0.269. The third-order valence-electron chi connectivity index (χ3n) is 3.15. The third-order valence-corrected chi connectivity index (χ3v) is 6.98. The number of hydrogen-bond donors (Lipinski definition) is 0. The molecule has 0 spiro atoms. The van der Waals surface area contributed by atoms with Crippen LogP contribution in [0.15, 0.2) is 37.9 Å². The van der Waals surface area contributed by atoms with E-state index in [0.717, 1.165) is 40.1 Å². The molecule has 3 aromatic heterocycles. The van der Waals surface area contributed by atoms with Crippen molar-refractivity contribution in [2.45, 2.75) is 0 Å². The summed E-state index contributed by atoms with van der Waals surface area (Å²) in [6.45, 7) is 0. The van der Waals surface area contributed by atoms with Gasteiger partial charge < -0.3 is 0 Å². The van der Waals surface area contributed by atoms with E-state index in [0.29, 0.717) is 11.1 Å². The van der Waals surface area contributed by atoms with Crippen LogP contribution in [0.3, 0.4) is 0 Å². The molecule has 0 saturated heterocycles. The fraction of sp³-hybridized carbons (Fsp3) is 0. The van der Waals surface area contributed by atoms with E-state index in [9.17, 15) is 4.39 Å². The maximum Gasteiger partial charge on any atom is 0.134 e. The highest BCUT2D eigenvalue weighted by atomic mass is 79.9. The molecular formula is C14H5Br2FN2S3. The molecule has 8 heteroatoms. The molecule has 0 N–H and O–H groups in total. The molecule has 110 valence electrons. The highest BCUT2D eigenvalue weighted by molar-refractivity contribution is 9.11. The van der Waals surface area contributed by atoms with E-state index in [4.69, 9.17) is 0 Å². The van der Waals surface area contributed by atoms with Gasteiger partial charge in [0.2, 0.25) is 0 Å². The van der Waals surface area contributed by atoms with Gasteiger partial charge in [-0.25, -0.2) is 4.39 Å². The molecular weight excluding hydrogens is 471 g/mol.